The quantitative estimate of drug-likeness (QED) is 0.0454. The fourth-order valence-corrected chi connectivity index (χ4v) is 4.40. The Morgan fingerprint density at radius 2 is 1.62 bits per heavy atom. The molecular formula is C28H41N9O8. The van der Waals surface area contributed by atoms with Gasteiger partial charge in [-0.3, -0.25) is 29.0 Å². The first kappa shape index (κ1) is 36.0. The predicted octanol–water partition coefficient (Wildman–Crippen LogP) is -2.12. The van der Waals surface area contributed by atoms with E-state index in [1.165, 1.54) is 6.92 Å². The second-order valence-corrected chi connectivity index (χ2v) is 10.4. The molecule has 1 aromatic carbocycles. The molecule has 0 aliphatic rings. The number of aromatic nitrogens is 1. The number of amides is 4. The highest BCUT2D eigenvalue weighted by atomic mass is 16.4. The van der Waals surface area contributed by atoms with E-state index in [1.807, 2.05) is 24.3 Å². The Labute approximate surface area is 258 Å². The molecule has 2 aromatic rings. The lowest BCUT2D eigenvalue weighted by Gasteiger charge is -2.21. The molecule has 17 heteroatoms. The first-order valence-electron chi connectivity index (χ1n) is 14.2. The zero-order valence-corrected chi connectivity index (χ0v) is 24.9. The van der Waals surface area contributed by atoms with E-state index >= 15 is 0 Å². The summed E-state index contributed by atoms with van der Waals surface area (Å²) in [4.78, 5) is 79.7. The minimum atomic E-state index is -1.38. The minimum Gasteiger partial charge on any atom is -0.481 e. The molecule has 0 bridgehead atoms. The van der Waals surface area contributed by atoms with Crippen LogP contribution in [0, 0.1) is 5.92 Å². The van der Waals surface area contributed by atoms with Gasteiger partial charge in [0.1, 0.15) is 12.1 Å². The number of hydrogen-bond donors (Lipinski definition) is 10. The molecule has 1 aromatic heterocycles. The van der Waals surface area contributed by atoms with Crippen molar-refractivity contribution in [2.45, 2.75) is 57.2 Å². The molecule has 0 radical (unpaired) electrons. The summed E-state index contributed by atoms with van der Waals surface area (Å²) in [6, 6.07) is 4.02. The van der Waals surface area contributed by atoms with Gasteiger partial charge in [0.15, 0.2) is 5.96 Å². The summed E-state index contributed by atoms with van der Waals surface area (Å²) >= 11 is 0. The third kappa shape index (κ3) is 12.5. The number of H-pyrrole nitrogens is 1. The molecule has 4 unspecified atom stereocenters. The van der Waals surface area contributed by atoms with Gasteiger partial charge in [-0.2, -0.15) is 0 Å². The van der Waals surface area contributed by atoms with Crippen LogP contribution in [0.25, 0.3) is 10.9 Å². The van der Waals surface area contributed by atoms with E-state index in [4.69, 9.17) is 22.3 Å². The molecule has 4 atom stereocenters. The number of rotatable bonds is 19. The maximum absolute atomic E-state index is 13.2. The fourth-order valence-electron chi connectivity index (χ4n) is 4.40. The van der Waals surface area contributed by atoms with Crippen LogP contribution in [0.1, 0.15) is 38.2 Å². The van der Waals surface area contributed by atoms with Gasteiger partial charge in [0.2, 0.25) is 23.6 Å². The van der Waals surface area contributed by atoms with Crippen molar-refractivity contribution in [3.05, 3.63) is 36.0 Å². The number of nitrogens with two attached hydrogens (primary N) is 3. The highest BCUT2D eigenvalue weighted by molar-refractivity contribution is 5.91. The second kappa shape index (κ2) is 17.8. The zero-order chi connectivity index (χ0) is 33.5. The molecule has 0 saturated heterocycles. The van der Waals surface area contributed by atoms with Gasteiger partial charge in [0.05, 0.1) is 18.4 Å². The van der Waals surface area contributed by atoms with Crippen molar-refractivity contribution >= 4 is 52.4 Å². The normalized spacial score (nSPS) is 13.5. The smallest absolute Gasteiger partial charge is 0.326 e. The topological polar surface area (TPSA) is 297 Å². The molecule has 246 valence electrons. The number of benzene rings is 1. The number of carbonyl (C=O) groups excluding carboxylic acids is 4. The first-order chi connectivity index (χ1) is 21.3. The number of carboxylic acid groups (broad SMARTS) is 2. The van der Waals surface area contributed by atoms with E-state index < -0.39 is 66.0 Å². The fraction of sp³-hybridized carbons (Fsp3) is 0.464. The van der Waals surface area contributed by atoms with Crippen LogP contribution in [0.5, 0.6) is 0 Å². The maximum Gasteiger partial charge on any atom is 0.326 e. The number of guanidine groups is 1. The number of hydrogen-bond acceptors (Lipinski definition) is 8. The molecule has 17 nitrogen and oxygen atoms in total. The van der Waals surface area contributed by atoms with Crippen LogP contribution in [0.2, 0.25) is 0 Å². The Balaban J connectivity index is 2.04. The molecule has 2 rings (SSSR count). The van der Waals surface area contributed by atoms with E-state index in [9.17, 15) is 33.9 Å². The molecule has 4 amide bonds. The number of carbonyl (C=O) groups is 6. The maximum atomic E-state index is 13.2. The van der Waals surface area contributed by atoms with Crippen LogP contribution in [0.3, 0.4) is 0 Å². The molecular weight excluding hydrogens is 590 g/mol. The number of aromatic amines is 1. The summed E-state index contributed by atoms with van der Waals surface area (Å²) < 4.78 is 0. The van der Waals surface area contributed by atoms with Crippen LogP contribution < -0.4 is 38.5 Å². The van der Waals surface area contributed by atoms with Crippen LogP contribution in [0.4, 0.5) is 0 Å². The average Bonchev–Trinajstić information content (AvgIpc) is 3.38. The largest absolute Gasteiger partial charge is 0.481 e. The predicted molar refractivity (Wildman–Crippen MR) is 163 cm³/mol. The summed E-state index contributed by atoms with van der Waals surface area (Å²) in [5.41, 5.74) is 18.2. The average molecular weight is 632 g/mol. The van der Waals surface area contributed by atoms with Crippen LogP contribution >= 0.6 is 0 Å². The van der Waals surface area contributed by atoms with Crippen LogP contribution in [-0.2, 0) is 35.2 Å². The lowest BCUT2D eigenvalue weighted by atomic mass is 10.0. The highest BCUT2D eigenvalue weighted by Crippen LogP contribution is 2.19. The van der Waals surface area contributed by atoms with Crippen molar-refractivity contribution in [3.8, 4) is 0 Å². The first-order valence-corrected chi connectivity index (χ1v) is 14.2. The number of aliphatic imine (C=N–C) groups is 1. The lowest BCUT2D eigenvalue weighted by Crippen LogP contribution is -2.53. The van der Waals surface area contributed by atoms with E-state index in [0.717, 1.165) is 16.5 Å². The summed E-state index contributed by atoms with van der Waals surface area (Å²) in [5.74, 6) is -6.44. The number of para-hydroxylation sites is 1. The minimum absolute atomic E-state index is 0.000267. The Morgan fingerprint density at radius 1 is 0.933 bits per heavy atom. The van der Waals surface area contributed by atoms with Crippen molar-refractivity contribution in [1.82, 2.24) is 26.3 Å². The Hall–Kier alpha value is -5.19. The number of fused-ring (bicyclic) bond motifs is 1. The molecule has 0 fully saturated rings. The lowest BCUT2D eigenvalue weighted by molar-refractivity contribution is -0.144. The number of aliphatic carboxylic acids is 2. The Morgan fingerprint density at radius 3 is 2.27 bits per heavy atom. The van der Waals surface area contributed by atoms with Crippen LogP contribution in [0.15, 0.2) is 35.5 Å². The molecule has 1 heterocycles. The third-order valence-electron chi connectivity index (χ3n) is 6.78. The molecule has 13 N–H and O–H groups in total. The summed E-state index contributed by atoms with van der Waals surface area (Å²) in [7, 11) is 0. The monoisotopic (exact) mass is 631 g/mol. The van der Waals surface area contributed by atoms with E-state index in [-0.39, 0.29) is 51.3 Å². The molecule has 45 heavy (non-hydrogen) atoms. The van der Waals surface area contributed by atoms with Crippen molar-refractivity contribution in [3.63, 3.8) is 0 Å². The van der Waals surface area contributed by atoms with E-state index in [1.54, 1.807) is 6.20 Å². The van der Waals surface area contributed by atoms with Gasteiger partial charge in [-0.15, -0.1) is 0 Å². The molecule has 0 aliphatic carbocycles. The number of nitrogens with one attached hydrogen (secondary N) is 5. The number of nitrogens with zero attached hydrogens (tertiary/aromatic N) is 1. The van der Waals surface area contributed by atoms with Crippen LogP contribution in [-0.4, -0.2) is 94.5 Å². The summed E-state index contributed by atoms with van der Waals surface area (Å²) in [6.07, 6.45) is 1.39. The van der Waals surface area contributed by atoms with Crippen molar-refractivity contribution in [2.75, 3.05) is 19.6 Å². The summed E-state index contributed by atoms with van der Waals surface area (Å²) in [5, 5.41) is 29.6. The van der Waals surface area contributed by atoms with Gasteiger partial charge >= 0.3 is 11.9 Å². The molecule has 0 saturated carbocycles. The van der Waals surface area contributed by atoms with Crippen molar-refractivity contribution < 1.29 is 39.0 Å². The molecule has 0 spiro atoms. The molecule has 0 aliphatic heterocycles. The van der Waals surface area contributed by atoms with Gasteiger partial charge in [0.25, 0.3) is 0 Å². The SMILES string of the molecule is CC(=O)NCC(CC(=O)O)C(=O)NC(CCCNC(=O)C(Cc1c[nH]c2ccccc12)NC(=O)C(N)CCN=C(N)N)C(=O)O. The van der Waals surface area contributed by atoms with Gasteiger partial charge in [-0.1, -0.05) is 18.2 Å². The van der Waals surface area contributed by atoms with E-state index in [2.05, 4.69) is 31.2 Å². The Kier molecular flexibility index (Phi) is 14.3. The number of carboxylic acids is 2. The van der Waals surface area contributed by atoms with Gasteiger partial charge in [-0.25, -0.2) is 4.79 Å². The highest BCUT2D eigenvalue weighted by Gasteiger charge is 2.28. The van der Waals surface area contributed by atoms with Crippen molar-refractivity contribution in [1.29, 1.82) is 0 Å². The second-order valence-electron chi connectivity index (χ2n) is 10.4. The van der Waals surface area contributed by atoms with Gasteiger partial charge in [0, 0.05) is 50.1 Å². The Bertz CT molecular complexity index is 1390. The standard InChI is InChI=1S/C28H41N9O8/c1-15(38)34-14-17(12-23(39)40)24(41)36-21(27(44)45)7-4-9-32-26(43)22(37-25(42)19(29)8-10-33-28(30)31)11-16-13-35-20-6-3-2-5-18(16)20/h2-3,5-6,13,17,19,21-22,35H,4,7-12,14,29H2,1H3,(H,32,43)(H,34,38)(H,36,41)(H,37,42)(H,39,40)(H,44,45)(H4,30,31,33). The summed E-state index contributed by atoms with van der Waals surface area (Å²) in [6.45, 7) is 1.03. The third-order valence-corrected chi connectivity index (χ3v) is 6.78. The van der Waals surface area contributed by atoms with Crippen molar-refractivity contribution in [2.24, 2.45) is 28.1 Å². The van der Waals surface area contributed by atoms with E-state index in [0.29, 0.717) is 0 Å². The van der Waals surface area contributed by atoms with Gasteiger partial charge < -0.3 is 53.7 Å². The zero-order valence-electron chi connectivity index (χ0n) is 24.9. The van der Waals surface area contributed by atoms with Gasteiger partial charge in [-0.05, 0) is 30.9 Å².